The maximum absolute atomic E-state index is 12.6. The molecule has 5 rings (SSSR count). The molecular weight excluding hydrogens is 633 g/mol. The first-order chi connectivity index (χ1) is 22.0. The van der Waals surface area contributed by atoms with Gasteiger partial charge in [-0.3, -0.25) is 9.11 Å². The van der Waals surface area contributed by atoms with E-state index in [9.17, 15) is 25.9 Å². The van der Waals surface area contributed by atoms with E-state index in [-0.39, 0.29) is 5.56 Å². The maximum atomic E-state index is 12.6. The number of aryl methyl sites for hydroxylation is 6. The van der Waals surface area contributed by atoms with E-state index in [4.69, 9.17) is 0 Å². The van der Waals surface area contributed by atoms with Crippen LogP contribution in [-0.2, 0) is 20.2 Å². The van der Waals surface area contributed by atoms with Crippen LogP contribution in [0.25, 0.3) is 0 Å². The number of hydrogen-bond acceptors (Lipinski definition) is 6. The van der Waals surface area contributed by atoms with Crippen molar-refractivity contribution in [2.75, 3.05) is 10.6 Å². The molecule has 5 aromatic rings. The first kappa shape index (κ1) is 33.9. The Morgan fingerprint density at radius 3 is 1.23 bits per heavy atom. The topological polar surface area (TPSA) is 133 Å². The minimum atomic E-state index is -4.90. The lowest BCUT2D eigenvalue weighted by Gasteiger charge is -2.23. The van der Waals surface area contributed by atoms with Gasteiger partial charge in [0.25, 0.3) is 20.2 Å². The van der Waals surface area contributed by atoms with Crippen LogP contribution in [0.1, 0.15) is 56.0 Å². The molecule has 0 saturated carbocycles. The molecule has 4 N–H and O–H groups in total. The molecule has 0 saturated heterocycles. The molecule has 0 spiro atoms. The monoisotopic (exact) mass is 670 g/mol. The molecule has 47 heavy (non-hydrogen) atoms. The zero-order chi connectivity index (χ0) is 34.3. The van der Waals surface area contributed by atoms with Crippen LogP contribution in [0, 0.1) is 41.5 Å². The van der Waals surface area contributed by atoms with Crippen LogP contribution in [0.5, 0.6) is 0 Å². The molecule has 0 radical (unpaired) electrons. The molecule has 0 fully saturated rings. The summed E-state index contributed by atoms with van der Waals surface area (Å²) in [6.07, 6.45) is 0. The first-order valence-corrected chi connectivity index (χ1v) is 17.9. The summed E-state index contributed by atoms with van der Waals surface area (Å²) in [5.41, 5.74) is 11.9. The van der Waals surface area contributed by atoms with Gasteiger partial charge in [-0.2, -0.15) is 16.8 Å². The molecule has 0 atom stereocenters. The molecule has 0 heterocycles. The standard InChI is InChI=1S/C37H38N2O6S2/c1-22-17-24(3)36(25(4)18-22)38-30-11-7-28(8-12-30)35(33-16-15-32(46(40,41)42)21-34(33)47(43,44)45)29-9-13-31(14-10-29)39-37-26(5)19-23(2)20-27(37)6/h7-21,35,38-39H,1-6H3,(H,40,41,42)(H,43,44,45). The van der Waals surface area contributed by atoms with Crippen LogP contribution in [0.4, 0.5) is 22.7 Å². The van der Waals surface area contributed by atoms with Crippen LogP contribution in [0.15, 0.2) is 101 Å². The van der Waals surface area contributed by atoms with Gasteiger partial charge >= 0.3 is 0 Å². The molecule has 244 valence electrons. The molecule has 0 bridgehead atoms. The van der Waals surface area contributed by atoms with Crippen LogP contribution in [0.2, 0.25) is 0 Å². The molecule has 0 aliphatic rings. The molecule has 8 nitrogen and oxygen atoms in total. The summed E-state index contributed by atoms with van der Waals surface area (Å²) in [4.78, 5) is -1.25. The molecule has 5 aromatic carbocycles. The Labute approximate surface area is 277 Å². The van der Waals surface area contributed by atoms with Gasteiger partial charge in [-0.25, -0.2) is 0 Å². The zero-order valence-corrected chi connectivity index (χ0v) is 28.7. The number of anilines is 4. The van der Waals surface area contributed by atoms with Crippen molar-refractivity contribution in [1.29, 1.82) is 0 Å². The van der Waals surface area contributed by atoms with E-state index in [1.807, 2.05) is 76.2 Å². The highest BCUT2D eigenvalue weighted by atomic mass is 32.2. The average Bonchev–Trinajstić information content (AvgIpc) is 2.97. The van der Waals surface area contributed by atoms with Crippen molar-refractivity contribution in [3.63, 3.8) is 0 Å². The molecule has 10 heteroatoms. The molecular formula is C37H38N2O6S2. The van der Waals surface area contributed by atoms with E-state index in [0.29, 0.717) is 11.1 Å². The third kappa shape index (κ3) is 7.58. The van der Waals surface area contributed by atoms with E-state index in [1.165, 1.54) is 17.2 Å². The number of hydrogen-bond donors (Lipinski definition) is 4. The fourth-order valence-electron chi connectivity index (χ4n) is 6.25. The van der Waals surface area contributed by atoms with Crippen LogP contribution in [-0.4, -0.2) is 25.9 Å². The minimum Gasteiger partial charge on any atom is -0.355 e. The third-order valence-corrected chi connectivity index (χ3v) is 10.0. The van der Waals surface area contributed by atoms with Crippen molar-refractivity contribution in [2.45, 2.75) is 57.3 Å². The van der Waals surface area contributed by atoms with Gasteiger partial charge in [-0.05, 0) is 117 Å². The lowest BCUT2D eigenvalue weighted by atomic mass is 9.85. The molecule has 0 amide bonds. The number of rotatable bonds is 9. The van der Waals surface area contributed by atoms with Gasteiger partial charge in [0, 0.05) is 28.7 Å². The highest BCUT2D eigenvalue weighted by Gasteiger charge is 2.27. The smallest absolute Gasteiger partial charge is 0.294 e. The summed E-state index contributed by atoms with van der Waals surface area (Å²) in [6.45, 7) is 12.3. The van der Waals surface area contributed by atoms with Crippen LogP contribution < -0.4 is 10.6 Å². The average molecular weight is 671 g/mol. The van der Waals surface area contributed by atoms with Gasteiger partial charge in [0.05, 0.1) is 9.79 Å². The molecule has 0 aliphatic carbocycles. The minimum absolute atomic E-state index is 0.150. The van der Waals surface area contributed by atoms with E-state index >= 15 is 0 Å². The summed E-state index contributed by atoms with van der Waals surface area (Å²) in [7, 11) is -9.64. The number of nitrogens with one attached hydrogen (secondary N) is 2. The van der Waals surface area contributed by atoms with Crippen molar-refractivity contribution in [1.82, 2.24) is 0 Å². The fraction of sp³-hybridized carbons (Fsp3) is 0.189. The van der Waals surface area contributed by atoms with Gasteiger partial charge in [0.2, 0.25) is 0 Å². The van der Waals surface area contributed by atoms with Crippen LogP contribution in [0.3, 0.4) is 0 Å². The normalized spacial score (nSPS) is 11.9. The van der Waals surface area contributed by atoms with E-state index in [0.717, 1.165) is 57.1 Å². The van der Waals surface area contributed by atoms with E-state index < -0.39 is 35.9 Å². The van der Waals surface area contributed by atoms with Gasteiger partial charge in [-0.1, -0.05) is 65.7 Å². The lowest BCUT2D eigenvalue weighted by molar-refractivity contribution is 0.480. The second-order valence-electron chi connectivity index (χ2n) is 12.1. The van der Waals surface area contributed by atoms with Gasteiger partial charge in [-0.15, -0.1) is 0 Å². The first-order valence-electron chi connectivity index (χ1n) is 15.0. The lowest BCUT2D eigenvalue weighted by Crippen LogP contribution is -2.12. The van der Waals surface area contributed by atoms with Crippen molar-refractivity contribution in [2.24, 2.45) is 0 Å². The predicted octanol–water partition coefficient (Wildman–Crippen LogP) is 8.70. The summed E-state index contributed by atoms with van der Waals surface area (Å²) in [5.74, 6) is -0.726. The summed E-state index contributed by atoms with van der Waals surface area (Å²) < 4.78 is 69.0. The highest BCUT2D eigenvalue weighted by Crippen LogP contribution is 2.38. The van der Waals surface area contributed by atoms with E-state index in [1.54, 1.807) is 0 Å². The maximum Gasteiger partial charge on any atom is 0.294 e. The van der Waals surface area contributed by atoms with Crippen molar-refractivity contribution >= 4 is 43.0 Å². The van der Waals surface area contributed by atoms with Gasteiger partial charge in [0.15, 0.2) is 0 Å². The highest BCUT2D eigenvalue weighted by molar-refractivity contribution is 7.86. The Bertz CT molecular complexity index is 2040. The largest absolute Gasteiger partial charge is 0.355 e. The zero-order valence-electron chi connectivity index (χ0n) is 27.1. The predicted molar refractivity (Wildman–Crippen MR) is 188 cm³/mol. The third-order valence-electron chi connectivity index (χ3n) is 8.25. The fourth-order valence-corrected chi connectivity index (χ4v) is 7.59. The van der Waals surface area contributed by atoms with Crippen molar-refractivity contribution < 1.29 is 25.9 Å². The van der Waals surface area contributed by atoms with Crippen molar-refractivity contribution in [3.8, 4) is 0 Å². The second-order valence-corrected chi connectivity index (χ2v) is 14.9. The molecule has 0 aromatic heterocycles. The number of benzene rings is 5. The summed E-state index contributed by atoms with van der Waals surface area (Å²) in [6, 6.07) is 26.6. The van der Waals surface area contributed by atoms with Crippen molar-refractivity contribution in [3.05, 3.63) is 141 Å². The van der Waals surface area contributed by atoms with Gasteiger partial charge in [0.1, 0.15) is 0 Å². The Balaban J connectivity index is 1.60. The van der Waals surface area contributed by atoms with Gasteiger partial charge < -0.3 is 10.6 Å². The Hall–Kier alpha value is -4.48. The molecule has 0 unspecified atom stereocenters. The SMILES string of the molecule is Cc1cc(C)c(Nc2ccc(C(c3ccc(Nc4c(C)cc(C)cc4C)cc3)c3ccc(S(=O)(=O)O)cc3S(=O)(=O)O)cc2)c(C)c1. The van der Waals surface area contributed by atoms with E-state index in [2.05, 4.69) is 48.7 Å². The molecule has 0 aliphatic heterocycles. The summed E-state index contributed by atoms with van der Waals surface area (Å²) >= 11 is 0. The Morgan fingerprint density at radius 2 is 0.894 bits per heavy atom. The Morgan fingerprint density at radius 1 is 0.511 bits per heavy atom. The summed E-state index contributed by atoms with van der Waals surface area (Å²) in [5, 5.41) is 6.96. The second kappa shape index (κ2) is 13.0. The van der Waals surface area contributed by atoms with Crippen LogP contribution >= 0.6 is 0 Å². The Kier molecular flexibility index (Phi) is 9.34. The quantitative estimate of drug-likeness (QED) is 0.0904.